The molecule has 0 bridgehead atoms. The zero-order valence-corrected chi connectivity index (χ0v) is 75.0. The van der Waals surface area contributed by atoms with E-state index in [9.17, 15) is 107 Å². The van der Waals surface area contributed by atoms with Gasteiger partial charge < -0.3 is 65.6 Å². The number of aliphatic hydroxyl groups excluding tert-OH is 1. The number of carboxylic acids is 3. The summed E-state index contributed by atoms with van der Waals surface area (Å²) < 4.78 is 16.7. The largest absolute Gasteiger partial charge is 0.481 e. The minimum Gasteiger partial charge on any atom is -0.481 e. The second-order valence-corrected chi connectivity index (χ2v) is 33.9. The molecule has 40 nitrogen and oxygen atoms in total. The molecular formula is C94H97Cl2N15O25. The van der Waals surface area contributed by atoms with Gasteiger partial charge >= 0.3 is 17.9 Å². The van der Waals surface area contributed by atoms with Crippen LogP contribution in [0.4, 0.5) is 0 Å². The first-order valence-electron chi connectivity index (χ1n) is 44.2. The van der Waals surface area contributed by atoms with Gasteiger partial charge in [-0.2, -0.15) is 0 Å². The number of aromatic nitrogens is 3. The maximum Gasteiger partial charge on any atom is 0.305 e. The quantitative estimate of drug-likeness (QED) is 0.0202. The van der Waals surface area contributed by atoms with Gasteiger partial charge in [-0.1, -0.05) is 145 Å². The maximum absolute atomic E-state index is 13.8. The van der Waals surface area contributed by atoms with Gasteiger partial charge in [0.05, 0.1) is 47.7 Å². The molecule has 0 saturated carbocycles. The molecule has 42 heteroatoms. The van der Waals surface area contributed by atoms with Crippen molar-refractivity contribution < 1.29 is 120 Å². The number of benzene rings is 6. The Balaban J connectivity index is 0.000000173. The lowest BCUT2D eigenvalue weighted by Gasteiger charge is -2.43. The molecule has 10 N–H and O–H groups in total. The molecule has 9 heterocycles. The molecule has 0 aliphatic carbocycles. The van der Waals surface area contributed by atoms with Crippen molar-refractivity contribution in [1.82, 2.24) is 76.9 Å². The lowest BCUT2D eigenvalue weighted by molar-refractivity contribution is -0.176. The summed E-state index contributed by atoms with van der Waals surface area (Å²) in [5.41, 5.74) is 5.43. The molecule has 15 rings (SSSR count). The summed E-state index contributed by atoms with van der Waals surface area (Å²) in [6.07, 6.45) is 2.13. The van der Waals surface area contributed by atoms with E-state index in [-0.39, 0.29) is 165 Å². The predicted molar refractivity (Wildman–Crippen MR) is 479 cm³/mol. The van der Waals surface area contributed by atoms with Gasteiger partial charge in [0.2, 0.25) is 70.5 Å². The van der Waals surface area contributed by atoms with Crippen LogP contribution in [0, 0.1) is 6.92 Å². The van der Waals surface area contributed by atoms with Gasteiger partial charge in [0, 0.05) is 63.7 Å². The highest BCUT2D eigenvalue weighted by Gasteiger charge is 2.50. The van der Waals surface area contributed by atoms with Crippen LogP contribution in [0.25, 0.3) is 33.5 Å². The first-order chi connectivity index (χ1) is 65.3. The van der Waals surface area contributed by atoms with E-state index < -0.39 is 168 Å². The summed E-state index contributed by atoms with van der Waals surface area (Å²) in [5, 5.41) is 60.8. The minimum atomic E-state index is -1.63. The number of rotatable bonds is 32. The molecule has 6 saturated heterocycles. The van der Waals surface area contributed by atoms with E-state index in [0.717, 1.165) is 37.3 Å². The van der Waals surface area contributed by atoms with E-state index in [2.05, 4.69) is 46.9 Å². The van der Waals surface area contributed by atoms with E-state index in [4.69, 9.17) is 36.5 Å². The number of hydrazine groups is 3. The number of carbonyl (C=O) groups is 18. The summed E-state index contributed by atoms with van der Waals surface area (Å²) in [4.78, 5) is 247. The van der Waals surface area contributed by atoms with E-state index in [0.29, 0.717) is 55.2 Å². The van der Waals surface area contributed by atoms with Gasteiger partial charge in [-0.05, 0) is 130 Å². The number of para-hydroxylation sites is 2. The average molecular weight is 1910 g/mol. The normalized spacial score (nSPS) is 18.9. The highest BCUT2D eigenvalue weighted by Crippen LogP contribution is 2.37. The van der Waals surface area contributed by atoms with Crippen LogP contribution in [0.3, 0.4) is 0 Å². The molecule has 712 valence electrons. The fourth-order valence-electron chi connectivity index (χ4n) is 16.8. The summed E-state index contributed by atoms with van der Waals surface area (Å²) in [6, 6.07) is 31.0. The van der Waals surface area contributed by atoms with Crippen molar-refractivity contribution >= 4 is 152 Å². The van der Waals surface area contributed by atoms with Gasteiger partial charge in [0.1, 0.15) is 65.4 Å². The molecule has 6 aliphatic heterocycles. The molecule has 6 aliphatic rings. The van der Waals surface area contributed by atoms with Gasteiger partial charge in [-0.15, -0.1) is 0 Å². The van der Waals surface area contributed by atoms with Crippen LogP contribution in [0.2, 0.25) is 10.0 Å². The maximum atomic E-state index is 13.8. The van der Waals surface area contributed by atoms with Crippen LogP contribution in [-0.4, -0.2) is 246 Å². The first-order valence-corrected chi connectivity index (χ1v) is 44.9. The zero-order chi connectivity index (χ0) is 97.1. The van der Waals surface area contributed by atoms with Crippen LogP contribution in [0.15, 0.2) is 165 Å². The monoisotopic (exact) mass is 1910 g/mol. The smallest absolute Gasteiger partial charge is 0.305 e. The molecule has 12 amide bonds. The summed E-state index contributed by atoms with van der Waals surface area (Å²) in [6.45, 7) is 1.94. The molecule has 136 heavy (non-hydrogen) atoms. The molecule has 0 unspecified atom stereocenters. The number of halogens is 2. The van der Waals surface area contributed by atoms with E-state index >= 15 is 0 Å². The van der Waals surface area contributed by atoms with Crippen molar-refractivity contribution in [1.29, 1.82) is 0 Å². The van der Waals surface area contributed by atoms with Gasteiger partial charge in [-0.3, -0.25) is 101 Å². The van der Waals surface area contributed by atoms with Crippen molar-refractivity contribution in [3.63, 3.8) is 0 Å². The average Bonchev–Trinajstić information content (AvgIpc) is 1.52. The molecule has 6 aromatic carbocycles. The van der Waals surface area contributed by atoms with Gasteiger partial charge in [-0.25, -0.2) is 30.0 Å². The number of nitrogens with zero attached hydrogens (tertiary/aromatic N) is 9. The number of aliphatic carboxylic acids is 3. The number of hydrogen-bond acceptors (Lipinski definition) is 25. The third kappa shape index (κ3) is 24.2. The van der Waals surface area contributed by atoms with Crippen molar-refractivity contribution in [2.45, 2.75) is 203 Å². The first kappa shape index (κ1) is 98.6. The molecule has 9 atom stereocenters. The van der Waals surface area contributed by atoms with Crippen molar-refractivity contribution in [3.05, 3.63) is 207 Å². The fraction of sp³-hybridized carbons (Fsp3) is 0.372. The van der Waals surface area contributed by atoms with E-state index in [1.807, 2.05) is 91.0 Å². The lowest BCUT2D eigenvalue weighted by atomic mass is 10.0. The number of aryl methyl sites for hydroxylation is 4. The van der Waals surface area contributed by atoms with Crippen LogP contribution >= 0.6 is 23.2 Å². The predicted octanol–water partition coefficient (Wildman–Crippen LogP) is 6.47. The van der Waals surface area contributed by atoms with Crippen LogP contribution in [0.1, 0.15) is 175 Å². The van der Waals surface area contributed by atoms with Crippen molar-refractivity contribution in [2.24, 2.45) is 0 Å². The summed E-state index contributed by atoms with van der Waals surface area (Å²) >= 11 is 12.5. The minimum absolute atomic E-state index is 0.0164. The number of nitrogens with one attached hydrogen (secondary N) is 6. The molecule has 6 fully saturated rings. The Bertz CT molecular complexity index is 6050. The number of Topliss-reactive ketones (excluding diaryl/α,β-unsaturated/α-hetero) is 3. The van der Waals surface area contributed by atoms with Crippen LogP contribution < -0.4 is 31.9 Å². The number of hydrogen-bond donors (Lipinski definition) is 10. The van der Waals surface area contributed by atoms with Gasteiger partial charge in [0.15, 0.2) is 16.9 Å². The Morgan fingerprint density at radius 3 is 1.18 bits per heavy atom. The second kappa shape index (κ2) is 45.2. The number of carbonyl (C=O) groups excluding carboxylic acids is 15. The Hall–Kier alpha value is -14.9. The fourth-order valence-corrected chi connectivity index (χ4v) is 17.4. The number of aliphatic hydroxyl groups is 1. The number of oxazole rings is 3. The highest BCUT2D eigenvalue weighted by molar-refractivity contribution is 6.39. The third-order valence-corrected chi connectivity index (χ3v) is 24.2. The molecule has 9 aromatic rings. The Kier molecular flexibility index (Phi) is 32.8. The summed E-state index contributed by atoms with van der Waals surface area (Å²) in [5.74, 6) is -14.8. The zero-order valence-electron chi connectivity index (χ0n) is 73.5. The van der Waals surface area contributed by atoms with Gasteiger partial charge in [0.25, 0.3) is 35.4 Å². The lowest BCUT2D eigenvalue weighted by Crippen LogP contribution is -2.64. The second-order valence-electron chi connectivity index (χ2n) is 33.1. The molecular weight excluding hydrogens is 1810 g/mol. The van der Waals surface area contributed by atoms with E-state index in [1.54, 1.807) is 55.5 Å². The van der Waals surface area contributed by atoms with Crippen LogP contribution in [-0.2, 0) is 97.8 Å². The molecule has 3 aromatic heterocycles. The van der Waals surface area contributed by atoms with E-state index in [1.165, 1.54) is 27.3 Å². The molecule has 0 radical (unpaired) electrons. The Labute approximate surface area is 785 Å². The Morgan fingerprint density at radius 1 is 0.434 bits per heavy atom. The van der Waals surface area contributed by atoms with Crippen molar-refractivity contribution in [3.8, 4) is 11.3 Å². The number of ketones is 3. The number of fused-ring (bicyclic) bond motifs is 5. The Morgan fingerprint density at radius 2 is 0.801 bits per heavy atom. The topological polar surface area (TPSA) is 558 Å². The number of carboxylic acid groups (broad SMARTS) is 3. The van der Waals surface area contributed by atoms with Crippen LogP contribution in [0.5, 0.6) is 0 Å². The number of amides is 12. The third-order valence-electron chi connectivity index (χ3n) is 23.6. The standard InChI is InChI=1S/C32H31Cl2N5O8.C31H33N5O9.C31H33N5O8/c33-19-8-4-9-20(34)28(19)24-17-35-31(47-24)29(44)22(16-27(42)43)37-30(45)23-10-5-15-38-26(41)14-12-21(32(46)39(23)38)36-25(40)13-11-18-6-2-1-3-7-18;37-17-19-8-4-10-23-27(19)34-30(45-23)28(42)21(16-26(40)41)33-29(43)22-9-5-15-35-25(39)14-12-20(31(44)36(22)35)32-24(38)13-11-18-6-2-1-3-7-18;1-18-7-5-10-20-28(18)44-30(34-20)27(41)22(17-26(39)40)33-29(42)23-11-6-16-35-25(38)15-13-21(31(43)36(23)35)32-24(37)14-12-19-8-3-2-4-9-19/h1-4,6-9,17,21-23H,5,10-16H2,(H,36,40)(H,37,45)(H,42,43);1-4,6-8,10,20-22,37H,5,9,11-17H2,(H,32,38)(H,33,43)(H,40,41);2-5,7-10,21-23H,6,11-17H2,1H3,(H,32,37)(H,33,42)(H,39,40)/t21-,22-,23-;20-,21-,22-;21-,22-,23-/m000/s1. The SMILES string of the molecule is Cc1cccc2nc(C(=O)[C@H](CC(=O)O)NC(=O)[C@@H]3CCCN4C(=O)CC[C@H](NC(=O)CCc5ccccc5)C(=O)N34)oc12.O=C(O)C[C@H](NC(=O)[C@@H]1CCCN2C(=O)CC[C@H](NC(=O)CCc3ccccc3)C(=O)N12)C(=O)c1nc2c(CO)cccc2o1.O=C(O)C[C@H](NC(=O)[C@@H]1CCCN2C(=O)CC[C@H](NC(=O)CCc3ccccc3)C(=O)N12)C(=O)c1ncc(-c2c(Cl)cccc2Cl)o1. The molecule has 0 spiro atoms. The highest BCUT2D eigenvalue weighted by atomic mass is 35.5. The summed E-state index contributed by atoms with van der Waals surface area (Å²) in [7, 11) is 0. The van der Waals surface area contributed by atoms with Crippen molar-refractivity contribution in [2.75, 3.05) is 19.6 Å².